The molecule has 1 aromatic carbocycles. The average Bonchev–Trinajstić information content (AvgIpc) is 3.37. The van der Waals surface area contributed by atoms with E-state index in [9.17, 15) is 31.1 Å². The van der Waals surface area contributed by atoms with Crippen LogP contribution in [-0.2, 0) is 19.6 Å². The zero-order valence-corrected chi connectivity index (χ0v) is 18.5. The number of halogens is 6. The molecule has 0 aliphatic carbocycles. The van der Waals surface area contributed by atoms with Crippen molar-refractivity contribution in [1.29, 1.82) is 0 Å². The van der Waals surface area contributed by atoms with Crippen LogP contribution in [0, 0.1) is 5.82 Å². The Labute approximate surface area is 196 Å². The lowest BCUT2D eigenvalue weighted by atomic mass is 10.1. The van der Waals surface area contributed by atoms with E-state index in [4.69, 9.17) is 4.74 Å². The molecule has 0 saturated carbocycles. The van der Waals surface area contributed by atoms with Crippen LogP contribution in [-0.4, -0.2) is 44.3 Å². The fourth-order valence-corrected chi connectivity index (χ4v) is 3.63. The third-order valence-electron chi connectivity index (χ3n) is 5.52. The SMILES string of the molecule is CCC(F)(F)COc1nccc2c1C(=O)N(Cc1ccc(-c3cnn(CC(F)(F)F)c3)cc1F)C2. The highest BCUT2D eigenvalue weighted by Gasteiger charge is 2.34. The van der Waals surface area contributed by atoms with Crippen LogP contribution in [0.5, 0.6) is 5.88 Å². The molecule has 1 aliphatic heterocycles. The van der Waals surface area contributed by atoms with Gasteiger partial charge in [0.25, 0.3) is 11.8 Å². The van der Waals surface area contributed by atoms with Crippen LogP contribution < -0.4 is 4.74 Å². The molecule has 0 saturated heterocycles. The molecule has 2 aromatic heterocycles. The molecule has 3 heterocycles. The van der Waals surface area contributed by atoms with Crippen molar-refractivity contribution in [2.45, 2.75) is 45.1 Å². The monoisotopic (exact) mass is 498 g/mol. The van der Waals surface area contributed by atoms with Crippen molar-refractivity contribution in [3.05, 3.63) is 65.4 Å². The molecule has 3 aromatic rings. The van der Waals surface area contributed by atoms with Crippen LogP contribution in [0.3, 0.4) is 0 Å². The van der Waals surface area contributed by atoms with E-state index in [1.807, 2.05) is 0 Å². The summed E-state index contributed by atoms with van der Waals surface area (Å²) in [6.45, 7) is -0.870. The van der Waals surface area contributed by atoms with E-state index >= 15 is 0 Å². The molecular weight excluding hydrogens is 478 g/mol. The Morgan fingerprint density at radius 3 is 2.57 bits per heavy atom. The number of pyridine rings is 1. The number of hydrogen-bond acceptors (Lipinski definition) is 4. The summed E-state index contributed by atoms with van der Waals surface area (Å²) in [6, 6.07) is 5.67. The third-order valence-corrected chi connectivity index (χ3v) is 5.52. The third kappa shape index (κ3) is 5.57. The van der Waals surface area contributed by atoms with Gasteiger partial charge in [0.15, 0.2) is 6.61 Å². The first-order chi connectivity index (χ1) is 16.5. The van der Waals surface area contributed by atoms with Gasteiger partial charge in [-0.3, -0.25) is 9.48 Å². The van der Waals surface area contributed by atoms with Crippen molar-refractivity contribution in [2.75, 3.05) is 6.61 Å². The molecule has 12 heteroatoms. The van der Waals surface area contributed by atoms with E-state index in [-0.39, 0.29) is 30.1 Å². The maximum atomic E-state index is 14.8. The van der Waals surface area contributed by atoms with Gasteiger partial charge in [-0.2, -0.15) is 18.3 Å². The van der Waals surface area contributed by atoms with E-state index < -0.39 is 43.4 Å². The smallest absolute Gasteiger partial charge is 0.408 e. The number of hydrogen-bond donors (Lipinski definition) is 0. The molecule has 186 valence electrons. The second-order valence-corrected chi connectivity index (χ2v) is 8.16. The van der Waals surface area contributed by atoms with Crippen molar-refractivity contribution in [1.82, 2.24) is 19.7 Å². The van der Waals surface area contributed by atoms with Gasteiger partial charge in [0.05, 0.1) is 6.20 Å². The van der Waals surface area contributed by atoms with Gasteiger partial charge in [0.2, 0.25) is 5.88 Å². The summed E-state index contributed by atoms with van der Waals surface area (Å²) in [5, 5.41) is 3.65. The maximum Gasteiger partial charge on any atom is 0.408 e. The Hall–Kier alpha value is -3.57. The molecule has 0 bridgehead atoms. The summed E-state index contributed by atoms with van der Waals surface area (Å²) in [6.07, 6.45) is -1.14. The highest BCUT2D eigenvalue weighted by atomic mass is 19.4. The molecule has 0 atom stereocenters. The molecule has 35 heavy (non-hydrogen) atoms. The predicted octanol–water partition coefficient (Wildman–Crippen LogP) is 5.23. The fourth-order valence-electron chi connectivity index (χ4n) is 3.63. The summed E-state index contributed by atoms with van der Waals surface area (Å²) >= 11 is 0. The zero-order chi connectivity index (χ0) is 25.4. The van der Waals surface area contributed by atoms with Crippen molar-refractivity contribution in [2.24, 2.45) is 0 Å². The van der Waals surface area contributed by atoms with Crippen LogP contribution in [0.4, 0.5) is 26.3 Å². The Bertz CT molecular complexity index is 1240. The van der Waals surface area contributed by atoms with Gasteiger partial charge in [0.1, 0.15) is 17.9 Å². The largest absolute Gasteiger partial charge is 0.471 e. The number of carbonyl (C=O) groups excluding carboxylic acids is 1. The number of amides is 1. The van der Waals surface area contributed by atoms with Gasteiger partial charge in [0, 0.05) is 43.0 Å². The fraction of sp³-hybridized carbons (Fsp3) is 0.348. The molecule has 0 radical (unpaired) electrons. The van der Waals surface area contributed by atoms with Crippen LogP contribution in [0.25, 0.3) is 11.1 Å². The minimum absolute atomic E-state index is 0.0634. The van der Waals surface area contributed by atoms with Crippen LogP contribution in [0.15, 0.2) is 42.9 Å². The van der Waals surface area contributed by atoms with Crippen LogP contribution >= 0.6 is 0 Å². The van der Waals surface area contributed by atoms with Gasteiger partial charge in [-0.05, 0) is 23.3 Å². The molecule has 6 nitrogen and oxygen atoms in total. The minimum atomic E-state index is -4.43. The summed E-state index contributed by atoms with van der Waals surface area (Å²) in [7, 11) is 0. The minimum Gasteiger partial charge on any atom is -0.471 e. The number of alkyl halides is 5. The Morgan fingerprint density at radius 1 is 1.11 bits per heavy atom. The van der Waals surface area contributed by atoms with Crippen LogP contribution in [0.1, 0.15) is 34.8 Å². The molecule has 1 amide bonds. The van der Waals surface area contributed by atoms with Gasteiger partial charge in [-0.25, -0.2) is 18.2 Å². The number of carbonyl (C=O) groups is 1. The normalized spacial score (nSPS) is 13.9. The van der Waals surface area contributed by atoms with E-state index in [0.29, 0.717) is 21.4 Å². The maximum absolute atomic E-state index is 14.8. The first kappa shape index (κ1) is 24.6. The quantitative estimate of drug-likeness (QED) is 0.400. The van der Waals surface area contributed by atoms with Gasteiger partial charge < -0.3 is 9.64 Å². The van der Waals surface area contributed by atoms with Gasteiger partial charge in [-0.1, -0.05) is 19.1 Å². The van der Waals surface area contributed by atoms with E-state index in [1.165, 1.54) is 42.5 Å². The average molecular weight is 498 g/mol. The lowest BCUT2D eigenvalue weighted by Crippen LogP contribution is -2.26. The second kappa shape index (κ2) is 9.23. The van der Waals surface area contributed by atoms with Crippen molar-refractivity contribution in [3.8, 4) is 17.0 Å². The summed E-state index contributed by atoms with van der Waals surface area (Å²) < 4.78 is 85.4. The topological polar surface area (TPSA) is 60.2 Å². The second-order valence-electron chi connectivity index (χ2n) is 8.16. The number of ether oxygens (including phenoxy) is 1. The molecular formula is C23H20F6N4O2. The molecule has 0 N–H and O–H groups in total. The first-order valence-electron chi connectivity index (χ1n) is 10.6. The Morgan fingerprint density at radius 2 is 1.89 bits per heavy atom. The van der Waals surface area contributed by atoms with Crippen molar-refractivity contribution in [3.63, 3.8) is 0 Å². The molecule has 4 rings (SSSR count). The number of aromatic nitrogens is 3. The van der Waals surface area contributed by atoms with E-state index in [0.717, 1.165) is 6.07 Å². The molecule has 0 unspecified atom stereocenters. The highest BCUT2D eigenvalue weighted by molar-refractivity contribution is 6.00. The van der Waals surface area contributed by atoms with E-state index in [2.05, 4.69) is 10.1 Å². The van der Waals surface area contributed by atoms with Gasteiger partial charge in [-0.15, -0.1) is 0 Å². The predicted molar refractivity (Wildman–Crippen MR) is 112 cm³/mol. The lowest BCUT2D eigenvalue weighted by molar-refractivity contribution is -0.142. The lowest BCUT2D eigenvalue weighted by Gasteiger charge is -2.17. The van der Waals surface area contributed by atoms with E-state index in [1.54, 1.807) is 6.07 Å². The number of nitrogens with zero attached hydrogens (tertiary/aromatic N) is 4. The Kier molecular flexibility index (Phi) is 6.48. The molecule has 0 spiro atoms. The number of fused-ring (bicyclic) bond motifs is 1. The van der Waals surface area contributed by atoms with Crippen LogP contribution in [0.2, 0.25) is 0 Å². The molecule has 1 aliphatic rings. The standard InChI is InChI=1S/C23H20F6N4O2/c1-2-22(25,26)13-35-20-19-16(5-6-30-20)10-32(21(19)34)9-15-4-3-14(7-18(15)24)17-8-31-33(11-17)12-23(27,28)29/h3-8,11H,2,9-10,12-13H2,1H3. The number of rotatable bonds is 8. The summed E-state index contributed by atoms with van der Waals surface area (Å²) in [5.74, 6) is -4.46. The first-order valence-corrected chi connectivity index (χ1v) is 10.6. The summed E-state index contributed by atoms with van der Waals surface area (Å²) in [4.78, 5) is 18.2. The van der Waals surface area contributed by atoms with Crippen molar-refractivity contribution < 1.29 is 35.9 Å². The zero-order valence-electron chi connectivity index (χ0n) is 18.5. The number of benzene rings is 1. The Balaban J connectivity index is 1.48. The summed E-state index contributed by atoms with van der Waals surface area (Å²) in [5.41, 5.74) is 1.39. The molecule has 0 fully saturated rings. The highest BCUT2D eigenvalue weighted by Crippen LogP contribution is 2.32. The van der Waals surface area contributed by atoms with Crippen molar-refractivity contribution >= 4 is 5.91 Å². The van der Waals surface area contributed by atoms with Gasteiger partial charge >= 0.3 is 6.18 Å².